The molecule has 0 aromatic heterocycles. The highest BCUT2D eigenvalue weighted by Gasteiger charge is 2.03. The lowest BCUT2D eigenvalue weighted by Crippen LogP contribution is -2.10. The Hall–Kier alpha value is -1.49. The monoisotopic (exact) mass is 309 g/mol. The summed E-state index contributed by atoms with van der Waals surface area (Å²) < 4.78 is 4.83. The number of amides is 1. The standard InChI is InChI=1S/C16H23NO3S/c1-2-20-16(19)21-13-9-4-3-8-12-15(18)17-14-10-6-5-7-11-14/h5-7,10-11H,2-4,8-9,12-13H2,1H3,(H,17,18). The van der Waals surface area contributed by atoms with Gasteiger partial charge in [-0.25, -0.2) is 4.79 Å². The van der Waals surface area contributed by atoms with Crippen molar-refractivity contribution in [2.75, 3.05) is 17.7 Å². The zero-order valence-corrected chi connectivity index (χ0v) is 13.3. The van der Waals surface area contributed by atoms with Gasteiger partial charge in [0, 0.05) is 17.9 Å². The zero-order chi connectivity index (χ0) is 15.3. The van der Waals surface area contributed by atoms with Crippen molar-refractivity contribution in [2.24, 2.45) is 0 Å². The van der Waals surface area contributed by atoms with Crippen molar-refractivity contribution in [1.82, 2.24) is 0 Å². The van der Waals surface area contributed by atoms with Crippen molar-refractivity contribution in [3.63, 3.8) is 0 Å². The van der Waals surface area contributed by atoms with Crippen LogP contribution in [0.4, 0.5) is 10.5 Å². The molecule has 0 spiro atoms. The minimum atomic E-state index is -0.195. The normalized spacial score (nSPS) is 10.1. The average Bonchev–Trinajstić information content (AvgIpc) is 2.47. The summed E-state index contributed by atoms with van der Waals surface area (Å²) in [5, 5.41) is 2.67. The number of anilines is 1. The second-order valence-corrected chi connectivity index (χ2v) is 5.64. The van der Waals surface area contributed by atoms with E-state index in [4.69, 9.17) is 4.74 Å². The molecule has 5 heteroatoms. The van der Waals surface area contributed by atoms with E-state index in [-0.39, 0.29) is 11.2 Å². The number of unbranched alkanes of at least 4 members (excludes halogenated alkanes) is 3. The molecule has 0 fully saturated rings. The highest BCUT2D eigenvalue weighted by atomic mass is 32.2. The predicted molar refractivity (Wildman–Crippen MR) is 87.6 cm³/mol. The van der Waals surface area contributed by atoms with Gasteiger partial charge in [0.2, 0.25) is 5.91 Å². The van der Waals surface area contributed by atoms with Crippen LogP contribution >= 0.6 is 11.8 Å². The molecule has 116 valence electrons. The third kappa shape index (κ3) is 9.13. The molecule has 0 saturated carbocycles. The van der Waals surface area contributed by atoms with Gasteiger partial charge in [0.1, 0.15) is 0 Å². The molecule has 0 bridgehead atoms. The van der Waals surface area contributed by atoms with Crippen LogP contribution in [0.2, 0.25) is 0 Å². The Labute approximate surface area is 130 Å². The molecule has 1 aromatic rings. The molecule has 0 radical (unpaired) electrons. The van der Waals surface area contributed by atoms with Crippen LogP contribution < -0.4 is 5.32 Å². The minimum Gasteiger partial charge on any atom is -0.458 e. The van der Waals surface area contributed by atoms with Gasteiger partial charge in [-0.3, -0.25) is 4.79 Å². The smallest absolute Gasteiger partial charge is 0.367 e. The van der Waals surface area contributed by atoms with Gasteiger partial charge in [0.05, 0.1) is 6.61 Å². The largest absolute Gasteiger partial charge is 0.458 e. The van der Waals surface area contributed by atoms with E-state index in [1.165, 1.54) is 11.8 Å². The van der Waals surface area contributed by atoms with Crippen LogP contribution in [0.3, 0.4) is 0 Å². The molecule has 0 aliphatic rings. The summed E-state index contributed by atoms with van der Waals surface area (Å²) in [6, 6.07) is 9.48. The Morgan fingerprint density at radius 1 is 1.10 bits per heavy atom. The summed E-state index contributed by atoms with van der Waals surface area (Å²) in [5.41, 5.74) is 0.841. The fourth-order valence-corrected chi connectivity index (χ4v) is 2.52. The quantitative estimate of drug-likeness (QED) is 0.540. The molecule has 1 aromatic carbocycles. The summed E-state index contributed by atoms with van der Waals surface area (Å²) in [5.74, 6) is 0.844. The van der Waals surface area contributed by atoms with Crippen molar-refractivity contribution in [1.29, 1.82) is 0 Å². The van der Waals surface area contributed by atoms with Crippen LogP contribution in [-0.4, -0.2) is 23.6 Å². The number of thioether (sulfide) groups is 1. The molecular weight excluding hydrogens is 286 g/mol. The van der Waals surface area contributed by atoms with E-state index in [0.29, 0.717) is 13.0 Å². The molecule has 0 unspecified atom stereocenters. The first kappa shape index (κ1) is 17.6. The summed E-state index contributed by atoms with van der Waals surface area (Å²) in [7, 11) is 0. The third-order valence-corrected chi connectivity index (χ3v) is 3.68. The number of carbonyl (C=O) groups excluding carboxylic acids is 2. The molecular formula is C16H23NO3S. The zero-order valence-electron chi connectivity index (χ0n) is 12.5. The van der Waals surface area contributed by atoms with Crippen molar-refractivity contribution in [3.8, 4) is 0 Å². The first-order chi connectivity index (χ1) is 10.2. The second kappa shape index (κ2) is 11.2. The van der Waals surface area contributed by atoms with Crippen LogP contribution in [0, 0.1) is 0 Å². The van der Waals surface area contributed by atoms with Crippen LogP contribution in [0.25, 0.3) is 0 Å². The van der Waals surface area contributed by atoms with E-state index in [0.717, 1.165) is 37.1 Å². The number of hydrogen-bond acceptors (Lipinski definition) is 4. The van der Waals surface area contributed by atoms with E-state index in [1.807, 2.05) is 30.3 Å². The van der Waals surface area contributed by atoms with Crippen molar-refractivity contribution in [2.45, 2.75) is 39.0 Å². The average molecular weight is 309 g/mol. The number of rotatable bonds is 9. The van der Waals surface area contributed by atoms with Crippen LogP contribution in [-0.2, 0) is 9.53 Å². The van der Waals surface area contributed by atoms with Gasteiger partial charge in [0.15, 0.2) is 0 Å². The van der Waals surface area contributed by atoms with Crippen LogP contribution in [0.15, 0.2) is 30.3 Å². The molecule has 0 heterocycles. The highest BCUT2D eigenvalue weighted by molar-refractivity contribution is 8.13. The van der Waals surface area contributed by atoms with E-state index >= 15 is 0 Å². The SMILES string of the molecule is CCOC(=O)SCCCCCCC(=O)Nc1ccccc1. The number of nitrogens with one attached hydrogen (secondary N) is 1. The lowest BCUT2D eigenvalue weighted by Gasteiger charge is -2.05. The van der Waals surface area contributed by atoms with Crippen LogP contribution in [0.1, 0.15) is 39.0 Å². The molecule has 1 N–H and O–H groups in total. The predicted octanol–water partition coefficient (Wildman–Crippen LogP) is 4.47. The minimum absolute atomic E-state index is 0.0575. The number of hydrogen-bond donors (Lipinski definition) is 1. The number of para-hydroxylation sites is 1. The molecule has 1 amide bonds. The maximum absolute atomic E-state index is 11.7. The summed E-state index contributed by atoms with van der Waals surface area (Å²) in [6.45, 7) is 2.24. The van der Waals surface area contributed by atoms with Gasteiger partial charge in [-0.2, -0.15) is 0 Å². The Balaban J connectivity index is 1.97. The van der Waals surface area contributed by atoms with E-state index < -0.39 is 0 Å². The van der Waals surface area contributed by atoms with Crippen molar-refractivity contribution >= 4 is 28.7 Å². The first-order valence-electron chi connectivity index (χ1n) is 7.37. The van der Waals surface area contributed by atoms with Gasteiger partial charge in [-0.15, -0.1) is 0 Å². The van der Waals surface area contributed by atoms with Gasteiger partial charge in [-0.1, -0.05) is 31.0 Å². The molecule has 0 aliphatic carbocycles. The molecule has 0 aliphatic heterocycles. The molecule has 21 heavy (non-hydrogen) atoms. The summed E-state index contributed by atoms with van der Waals surface area (Å²) in [4.78, 5) is 22.8. The fourth-order valence-electron chi connectivity index (χ4n) is 1.80. The molecule has 0 saturated heterocycles. The molecule has 4 nitrogen and oxygen atoms in total. The maximum Gasteiger partial charge on any atom is 0.367 e. The van der Waals surface area contributed by atoms with Crippen LogP contribution in [0.5, 0.6) is 0 Å². The van der Waals surface area contributed by atoms with Crippen molar-refractivity contribution in [3.05, 3.63) is 30.3 Å². The lowest BCUT2D eigenvalue weighted by molar-refractivity contribution is -0.116. The third-order valence-electron chi connectivity index (χ3n) is 2.84. The summed E-state index contributed by atoms with van der Waals surface area (Å²) in [6.07, 6.45) is 4.43. The first-order valence-corrected chi connectivity index (χ1v) is 8.35. The number of benzene rings is 1. The Bertz CT molecular complexity index is 423. The summed E-state index contributed by atoms with van der Waals surface area (Å²) >= 11 is 1.23. The van der Waals surface area contributed by atoms with Gasteiger partial charge < -0.3 is 10.1 Å². The van der Waals surface area contributed by atoms with Gasteiger partial charge in [0.25, 0.3) is 0 Å². The van der Waals surface area contributed by atoms with E-state index in [2.05, 4.69) is 5.32 Å². The maximum atomic E-state index is 11.7. The lowest BCUT2D eigenvalue weighted by atomic mass is 10.1. The Kier molecular flexibility index (Phi) is 9.37. The second-order valence-electron chi connectivity index (χ2n) is 4.61. The number of carbonyl (C=O) groups is 2. The fraction of sp³-hybridized carbons (Fsp3) is 0.500. The van der Waals surface area contributed by atoms with E-state index in [1.54, 1.807) is 6.92 Å². The van der Waals surface area contributed by atoms with Crippen molar-refractivity contribution < 1.29 is 14.3 Å². The topological polar surface area (TPSA) is 55.4 Å². The molecule has 0 atom stereocenters. The highest BCUT2D eigenvalue weighted by Crippen LogP contribution is 2.12. The number of ether oxygens (including phenoxy) is 1. The molecule has 1 rings (SSSR count). The van der Waals surface area contributed by atoms with Gasteiger partial charge in [-0.05, 0) is 43.7 Å². The Morgan fingerprint density at radius 2 is 1.81 bits per heavy atom. The Morgan fingerprint density at radius 3 is 2.52 bits per heavy atom. The van der Waals surface area contributed by atoms with Gasteiger partial charge >= 0.3 is 5.30 Å². The van der Waals surface area contributed by atoms with E-state index in [9.17, 15) is 9.59 Å².